The lowest BCUT2D eigenvalue weighted by Crippen LogP contribution is -2.10. The summed E-state index contributed by atoms with van der Waals surface area (Å²) < 4.78 is 0. The van der Waals surface area contributed by atoms with E-state index in [0.29, 0.717) is 11.3 Å². The Bertz CT molecular complexity index is 685. The van der Waals surface area contributed by atoms with E-state index >= 15 is 0 Å². The molecule has 0 fully saturated rings. The molecule has 2 aromatic rings. The van der Waals surface area contributed by atoms with Gasteiger partial charge in [0, 0.05) is 23.9 Å². The first-order valence-electron chi connectivity index (χ1n) is 6.32. The largest absolute Gasteiger partial charge is 0.478 e. The van der Waals surface area contributed by atoms with E-state index < -0.39 is 10.9 Å². The molecule has 0 spiro atoms. The maximum Gasteiger partial charge on any atom is 0.337 e. The third kappa shape index (κ3) is 3.36. The highest BCUT2D eigenvalue weighted by Crippen LogP contribution is 2.24. The van der Waals surface area contributed by atoms with Gasteiger partial charge in [0.05, 0.1) is 10.5 Å². The highest BCUT2D eigenvalue weighted by Gasteiger charge is 2.14. The number of rotatable bonds is 5. The van der Waals surface area contributed by atoms with Gasteiger partial charge in [0.15, 0.2) is 0 Å². The Morgan fingerprint density at radius 3 is 2.62 bits per heavy atom. The lowest BCUT2D eigenvalue weighted by molar-refractivity contribution is -0.384. The molecule has 0 bridgehead atoms. The number of carboxylic acid groups (broad SMARTS) is 1. The number of hydrogen-bond donors (Lipinski definition) is 2. The second-order valence-corrected chi connectivity index (χ2v) is 4.57. The number of non-ortho nitro benzene ring substituents is 1. The number of aromatic carboxylic acids is 1. The summed E-state index contributed by atoms with van der Waals surface area (Å²) in [4.78, 5) is 21.5. The van der Waals surface area contributed by atoms with Gasteiger partial charge in [0.2, 0.25) is 0 Å². The number of carbonyl (C=O) groups is 1. The SMILES string of the molecule is CC(Nc1ccccc1C(=O)O)c1cccc([N+](=O)[O-])c1. The quantitative estimate of drug-likeness (QED) is 0.648. The standard InChI is InChI=1S/C15H14N2O4/c1-10(11-5-4-6-12(9-11)17(20)21)16-14-8-3-2-7-13(14)15(18)19/h2-10,16H,1H3,(H,18,19). The van der Waals surface area contributed by atoms with E-state index in [1.165, 1.54) is 18.2 Å². The maximum atomic E-state index is 11.2. The minimum absolute atomic E-state index is 0.00710. The number of benzene rings is 2. The second kappa shape index (κ2) is 6.04. The van der Waals surface area contributed by atoms with Crippen molar-refractivity contribution in [3.8, 4) is 0 Å². The molecule has 0 aromatic heterocycles. The summed E-state index contributed by atoms with van der Waals surface area (Å²) in [7, 11) is 0. The minimum atomic E-state index is -1.02. The molecule has 0 aliphatic rings. The summed E-state index contributed by atoms with van der Waals surface area (Å²) >= 11 is 0. The zero-order valence-electron chi connectivity index (χ0n) is 11.3. The molecule has 21 heavy (non-hydrogen) atoms. The molecule has 6 nitrogen and oxygen atoms in total. The summed E-state index contributed by atoms with van der Waals surface area (Å²) in [5.74, 6) is -1.02. The number of para-hydroxylation sites is 1. The molecule has 2 rings (SSSR count). The smallest absolute Gasteiger partial charge is 0.337 e. The van der Waals surface area contributed by atoms with Crippen LogP contribution in [0.4, 0.5) is 11.4 Å². The fraction of sp³-hybridized carbons (Fsp3) is 0.133. The summed E-state index contributed by atoms with van der Waals surface area (Å²) in [6.45, 7) is 1.82. The summed E-state index contributed by atoms with van der Waals surface area (Å²) in [6, 6.07) is 12.5. The number of nitro benzene ring substituents is 1. The van der Waals surface area contributed by atoms with Gasteiger partial charge in [-0.2, -0.15) is 0 Å². The molecule has 0 aliphatic heterocycles. The number of nitrogens with zero attached hydrogens (tertiary/aromatic N) is 1. The Morgan fingerprint density at radius 1 is 1.24 bits per heavy atom. The number of nitro groups is 1. The van der Waals surface area contributed by atoms with Gasteiger partial charge < -0.3 is 10.4 Å². The first-order chi connectivity index (χ1) is 9.99. The molecule has 0 radical (unpaired) electrons. The maximum absolute atomic E-state index is 11.2. The van der Waals surface area contributed by atoms with Crippen LogP contribution in [0.2, 0.25) is 0 Å². The normalized spacial score (nSPS) is 11.7. The van der Waals surface area contributed by atoms with E-state index in [-0.39, 0.29) is 17.3 Å². The second-order valence-electron chi connectivity index (χ2n) is 4.57. The van der Waals surface area contributed by atoms with E-state index in [4.69, 9.17) is 5.11 Å². The van der Waals surface area contributed by atoms with Crippen LogP contribution in [0.5, 0.6) is 0 Å². The van der Waals surface area contributed by atoms with E-state index in [1.807, 2.05) is 6.92 Å². The molecule has 1 unspecified atom stereocenters. The van der Waals surface area contributed by atoms with Crippen LogP contribution < -0.4 is 5.32 Å². The number of anilines is 1. The topological polar surface area (TPSA) is 92.5 Å². The molecule has 0 saturated heterocycles. The van der Waals surface area contributed by atoms with Gasteiger partial charge in [-0.05, 0) is 24.6 Å². The Kier molecular flexibility index (Phi) is 4.18. The average molecular weight is 286 g/mol. The van der Waals surface area contributed by atoms with E-state index in [2.05, 4.69) is 5.32 Å². The van der Waals surface area contributed by atoms with Crippen molar-refractivity contribution in [3.63, 3.8) is 0 Å². The molecule has 6 heteroatoms. The molecular weight excluding hydrogens is 272 g/mol. The van der Waals surface area contributed by atoms with Gasteiger partial charge in [0.25, 0.3) is 5.69 Å². The fourth-order valence-corrected chi connectivity index (χ4v) is 2.02. The zero-order valence-corrected chi connectivity index (χ0v) is 11.3. The molecule has 108 valence electrons. The molecule has 0 amide bonds. The number of nitrogens with one attached hydrogen (secondary N) is 1. The molecule has 2 aromatic carbocycles. The van der Waals surface area contributed by atoms with Crippen molar-refractivity contribution in [2.45, 2.75) is 13.0 Å². The van der Waals surface area contributed by atoms with E-state index in [0.717, 1.165) is 0 Å². The number of hydrogen-bond acceptors (Lipinski definition) is 4. The van der Waals surface area contributed by atoms with Gasteiger partial charge >= 0.3 is 5.97 Å². The Labute approximate surface area is 121 Å². The van der Waals surface area contributed by atoms with Crippen LogP contribution in [0.1, 0.15) is 28.9 Å². The molecule has 2 N–H and O–H groups in total. The Morgan fingerprint density at radius 2 is 1.95 bits per heavy atom. The van der Waals surface area contributed by atoms with E-state index in [1.54, 1.807) is 30.3 Å². The summed E-state index contributed by atoms with van der Waals surface area (Å²) in [5, 5.41) is 23.0. The van der Waals surface area contributed by atoms with Crippen molar-refractivity contribution < 1.29 is 14.8 Å². The summed E-state index contributed by atoms with van der Waals surface area (Å²) in [6.07, 6.45) is 0. The first-order valence-corrected chi connectivity index (χ1v) is 6.32. The Hall–Kier alpha value is -2.89. The van der Waals surface area contributed by atoms with Gasteiger partial charge in [-0.15, -0.1) is 0 Å². The van der Waals surface area contributed by atoms with Crippen molar-refractivity contribution in [2.75, 3.05) is 5.32 Å². The third-order valence-corrected chi connectivity index (χ3v) is 3.11. The van der Waals surface area contributed by atoms with Crippen LogP contribution in [-0.2, 0) is 0 Å². The lowest BCUT2D eigenvalue weighted by Gasteiger charge is -2.17. The van der Waals surface area contributed by atoms with Gasteiger partial charge in [-0.1, -0.05) is 24.3 Å². The van der Waals surface area contributed by atoms with Crippen LogP contribution in [0.3, 0.4) is 0 Å². The van der Waals surface area contributed by atoms with Gasteiger partial charge in [0.1, 0.15) is 0 Å². The highest BCUT2D eigenvalue weighted by atomic mass is 16.6. The summed E-state index contributed by atoms with van der Waals surface area (Å²) in [5.41, 5.74) is 1.36. The Balaban J connectivity index is 2.26. The van der Waals surface area contributed by atoms with Crippen LogP contribution in [0.25, 0.3) is 0 Å². The van der Waals surface area contributed by atoms with Crippen molar-refractivity contribution in [2.24, 2.45) is 0 Å². The molecule has 0 aliphatic carbocycles. The lowest BCUT2D eigenvalue weighted by atomic mass is 10.1. The number of carboxylic acids is 1. The predicted molar refractivity (Wildman–Crippen MR) is 78.5 cm³/mol. The van der Waals surface area contributed by atoms with Crippen molar-refractivity contribution in [1.82, 2.24) is 0 Å². The average Bonchev–Trinajstić information content (AvgIpc) is 2.47. The third-order valence-electron chi connectivity index (χ3n) is 3.11. The van der Waals surface area contributed by atoms with Crippen molar-refractivity contribution in [3.05, 3.63) is 69.8 Å². The first kappa shape index (κ1) is 14.5. The molecule has 1 atom stereocenters. The highest BCUT2D eigenvalue weighted by molar-refractivity contribution is 5.94. The van der Waals surface area contributed by atoms with Gasteiger partial charge in [-0.25, -0.2) is 4.79 Å². The fourth-order valence-electron chi connectivity index (χ4n) is 2.02. The van der Waals surface area contributed by atoms with Crippen molar-refractivity contribution >= 4 is 17.3 Å². The zero-order chi connectivity index (χ0) is 15.4. The molecule has 0 saturated carbocycles. The predicted octanol–water partition coefficient (Wildman–Crippen LogP) is 3.47. The monoisotopic (exact) mass is 286 g/mol. The van der Waals surface area contributed by atoms with Crippen LogP contribution in [0, 0.1) is 10.1 Å². The molecular formula is C15H14N2O4. The van der Waals surface area contributed by atoms with Crippen LogP contribution >= 0.6 is 0 Å². The van der Waals surface area contributed by atoms with Crippen LogP contribution in [-0.4, -0.2) is 16.0 Å². The molecule has 0 heterocycles. The van der Waals surface area contributed by atoms with E-state index in [9.17, 15) is 14.9 Å². The van der Waals surface area contributed by atoms with Crippen molar-refractivity contribution in [1.29, 1.82) is 0 Å². The van der Waals surface area contributed by atoms with Crippen LogP contribution in [0.15, 0.2) is 48.5 Å². The van der Waals surface area contributed by atoms with Gasteiger partial charge in [-0.3, -0.25) is 10.1 Å². The minimum Gasteiger partial charge on any atom is -0.478 e.